The molecule has 0 spiro atoms. The fourth-order valence-electron chi connectivity index (χ4n) is 2.89. The molecule has 1 saturated heterocycles. The summed E-state index contributed by atoms with van der Waals surface area (Å²) in [4.78, 5) is 27.5. The van der Waals surface area contributed by atoms with E-state index in [0.29, 0.717) is 13.0 Å². The SMILES string of the molecule is CCCN1C(=O)C(C)(CC)NC(=O)C1(C)c1ccccc1. The Morgan fingerprint density at radius 3 is 2.24 bits per heavy atom. The van der Waals surface area contributed by atoms with Gasteiger partial charge < -0.3 is 10.2 Å². The van der Waals surface area contributed by atoms with Crippen molar-refractivity contribution < 1.29 is 9.59 Å². The molecular weight excluding hydrogens is 264 g/mol. The molecule has 4 nitrogen and oxygen atoms in total. The number of carbonyl (C=O) groups excluding carboxylic acids is 2. The van der Waals surface area contributed by atoms with Crippen molar-refractivity contribution in [1.29, 1.82) is 0 Å². The predicted octanol–water partition coefficient (Wildman–Crippen LogP) is 2.44. The van der Waals surface area contributed by atoms with Gasteiger partial charge in [0.1, 0.15) is 11.1 Å². The highest BCUT2D eigenvalue weighted by atomic mass is 16.2. The van der Waals surface area contributed by atoms with E-state index >= 15 is 0 Å². The zero-order valence-electron chi connectivity index (χ0n) is 13.3. The zero-order valence-corrected chi connectivity index (χ0v) is 13.3. The van der Waals surface area contributed by atoms with E-state index in [-0.39, 0.29) is 11.8 Å². The molecule has 2 unspecified atom stereocenters. The molecule has 1 N–H and O–H groups in total. The Hall–Kier alpha value is -1.84. The number of piperazine rings is 1. The van der Waals surface area contributed by atoms with Gasteiger partial charge in [0, 0.05) is 6.54 Å². The summed E-state index contributed by atoms with van der Waals surface area (Å²) >= 11 is 0. The molecule has 0 aliphatic carbocycles. The largest absolute Gasteiger partial charge is 0.340 e. The summed E-state index contributed by atoms with van der Waals surface area (Å²) in [6.07, 6.45) is 1.41. The van der Waals surface area contributed by atoms with Crippen molar-refractivity contribution >= 4 is 11.8 Å². The lowest BCUT2D eigenvalue weighted by Crippen LogP contribution is -2.72. The van der Waals surface area contributed by atoms with Gasteiger partial charge in [-0.1, -0.05) is 44.2 Å². The predicted molar refractivity (Wildman–Crippen MR) is 82.6 cm³/mol. The van der Waals surface area contributed by atoms with Crippen LogP contribution in [0.25, 0.3) is 0 Å². The second-order valence-corrected chi connectivity index (χ2v) is 6.03. The molecule has 4 heteroatoms. The van der Waals surface area contributed by atoms with Crippen LogP contribution in [0.5, 0.6) is 0 Å². The third-order valence-electron chi connectivity index (χ3n) is 4.58. The van der Waals surface area contributed by atoms with Gasteiger partial charge in [0.15, 0.2) is 0 Å². The Morgan fingerprint density at radius 2 is 1.71 bits per heavy atom. The average Bonchev–Trinajstić information content (AvgIpc) is 2.50. The molecular formula is C17H24N2O2. The van der Waals surface area contributed by atoms with Crippen LogP contribution in [0.15, 0.2) is 30.3 Å². The summed E-state index contributed by atoms with van der Waals surface area (Å²) in [6.45, 7) is 8.16. The second-order valence-electron chi connectivity index (χ2n) is 6.03. The van der Waals surface area contributed by atoms with Crippen LogP contribution in [0.3, 0.4) is 0 Å². The molecule has 0 bridgehead atoms. The van der Waals surface area contributed by atoms with E-state index in [4.69, 9.17) is 0 Å². The molecule has 1 aliphatic rings. The maximum Gasteiger partial charge on any atom is 0.251 e. The van der Waals surface area contributed by atoms with Gasteiger partial charge in [0.05, 0.1) is 0 Å². The van der Waals surface area contributed by atoms with Gasteiger partial charge in [-0.3, -0.25) is 9.59 Å². The minimum absolute atomic E-state index is 0.00203. The molecule has 1 aromatic rings. The van der Waals surface area contributed by atoms with E-state index < -0.39 is 11.1 Å². The fraction of sp³-hybridized carbons (Fsp3) is 0.529. The monoisotopic (exact) mass is 288 g/mol. The van der Waals surface area contributed by atoms with Gasteiger partial charge >= 0.3 is 0 Å². The van der Waals surface area contributed by atoms with Gasteiger partial charge in [-0.25, -0.2) is 0 Å². The van der Waals surface area contributed by atoms with Crippen LogP contribution in [0.4, 0.5) is 0 Å². The van der Waals surface area contributed by atoms with Crippen molar-refractivity contribution in [3.8, 4) is 0 Å². The summed E-state index contributed by atoms with van der Waals surface area (Å²) in [7, 11) is 0. The Kier molecular flexibility index (Phi) is 4.08. The van der Waals surface area contributed by atoms with E-state index in [1.54, 1.807) is 11.8 Å². The number of benzene rings is 1. The third-order valence-corrected chi connectivity index (χ3v) is 4.58. The highest BCUT2D eigenvalue weighted by Crippen LogP contribution is 2.36. The van der Waals surface area contributed by atoms with Crippen LogP contribution in [-0.4, -0.2) is 28.8 Å². The first-order valence-electron chi connectivity index (χ1n) is 7.60. The van der Waals surface area contributed by atoms with Gasteiger partial charge in [0.25, 0.3) is 5.91 Å². The Morgan fingerprint density at radius 1 is 1.10 bits per heavy atom. The van der Waals surface area contributed by atoms with E-state index in [1.807, 2.05) is 51.1 Å². The number of carbonyl (C=O) groups is 2. The fourth-order valence-corrected chi connectivity index (χ4v) is 2.89. The smallest absolute Gasteiger partial charge is 0.251 e. The highest BCUT2D eigenvalue weighted by Gasteiger charge is 2.54. The number of rotatable bonds is 4. The molecule has 0 radical (unpaired) electrons. The maximum atomic E-state index is 12.9. The van der Waals surface area contributed by atoms with E-state index in [9.17, 15) is 9.59 Å². The zero-order chi connectivity index (χ0) is 15.7. The molecule has 1 fully saturated rings. The lowest BCUT2D eigenvalue weighted by atomic mass is 9.81. The number of amides is 2. The van der Waals surface area contributed by atoms with Crippen molar-refractivity contribution in [1.82, 2.24) is 10.2 Å². The quantitative estimate of drug-likeness (QED) is 0.925. The summed E-state index contributed by atoms with van der Waals surface area (Å²) in [5, 5.41) is 2.94. The number of nitrogens with one attached hydrogen (secondary N) is 1. The topological polar surface area (TPSA) is 49.4 Å². The Balaban J connectivity index is 2.54. The van der Waals surface area contributed by atoms with Crippen molar-refractivity contribution in [3.63, 3.8) is 0 Å². The molecule has 1 aliphatic heterocycles. The van der Waals surface area contributed by atoms with Crippen molar-refractivity contribution in [3.05, 3.63) is 35.9 Å². The van der Waals surface area contributed by atoms with E-state index in [1.165, 1.54) is 0 Å². The van der Waals surface area contributed by atoms with Crippen molar-refractivity contribution in [2.75, 3.05) is 6.54 Å². The van der Waals surface area contributed by atoms with Gasteiger partial charge in [0.2, 0.25) is 5.91 Å². The minimum Gasteiger partial charge on any atom is -0.340 e. The molecule has 2 amide bonds. The molecule has 2 rings (SSSR count). The summed E-state index contributed by atoms with van der Waals surface area (Å²) in [5.41, 5.74) is -0.897. The van der Waals surface area contributed by atoms with E-state index in [0.717, 1.165) is 12.0 Å². The lowest BCUT2D eigenvalue weighted by Gasteiger charge is -2.50. The molecule has 0 saturated carbocycles. The average molecular weight is 288 g/mol. The summed E-state index contributed by atoms with van der Waals surface area (Å²) < 4.78 is 0. The first-order chi connectivity index (χ1) is 9.90. The number of hydrogen-bond donors (Lipinski definition) is 1. The summed E-state index contributed by atoms with van der Waals surface area (Å²) in [6, 6.07) is 9.52. The van der Waals surface area contributed by atoms with Crippen molar-refractivity contribution in [2.24, 2.45) is 0 Å². The van der Waals surface area contributed by atoms with Crippen molar-refractivity contribution in [2.45, 2.75) is 51.6 Å². The normalized spacial score (nSPS) is 29.4. The first-order valence-corrected chi connectivity index (χ1v) is 7.60. The lowest BCUT2D eigenvalue weighted by molar-refractivity contribution is -0.162. The highest BCUT2D eigenvalue weighted by molar-refractivity contribution is 6.02. The van der Waals surface area contributed by atoms with Crippen LogP contribution in [0, 0.1) is 0 Å². The standard InChI is InChI=1S/C17H24N2O2/c1-5-12-19-15(21)16(3,6-2)18-14(20)17(19,4)13-10-8-7-9-11-13/h7-11H,5-6,12H2,1-4H3,(H,18,20). The first kappa shape index (κ1) is 15.5. The molecule has 114 valence electrons. The minimum atomic E-state index is -0.941. The second kappa shape index (κ2) is 5.51. The van der Waals surface area contributed by atoms with Crippen LogP contribution in [0.1, 0.15) is 46.1 Å². The van der Waals surface area contributed by atoms with Gasteiger partial charge in [-0.2, -0.15) is 0 Å². The van der Waals surface area contributed by atoms with Gasteiger partial charge in [-0.05, 0) is 32.3 Å². The van der Waals surface area contributed by atoms with Crippen LogP contribution in [0.2, 0.25) is 0 Å². The molecule has 21 heavy (non-hydrogen) atoms. The Labute approximate surface area is 126 Å². The number of hydrogen-bond acceptors (Lipinski definition) is 2. The van der Waals surface area contributed by atoms with Crippen LogP contribution < -0.4 is 5.32 Å². The summed E-state index contributed by atoms with van der Waals surface area (Å²) in [5.74, 6) is -0.107. The van der Waals surface area contributed by atoms with E-state index in [2.05, 4.69) is 5.32 Å². The maximum absolute atomic E-state index is 12.9. The molecule has 1 heterocycles. The molecule has 0 aromatic heterocycles. The third kappa shape index (κ3) is 2.33. The molecule has 2 atom stereocenters. The Bertz CT molecular complexity index is 543. The number of nitrogens with zero attached hydrogens (tertiary/aromatic N) is 1. The van der Waals surface area contributed by atoms with Crippen LogP contribution >= 0.6 is 0 Å². The molecule has 1 aromatic carbocycles. The van der Waals surface area contributed by atoms with Gasteiger partial charge in [-0.15, -0.1) is 0 Å². The van der Waals surface area contributed by atoms with Crippen LogP contribution in [-0.2, 0) is 15.1 Å².